The molecule has 2 N–H and O–H groups in total. The maximum absolute atomic E-state index is 10.6. The number of carbonyl (C=O) groups is 1. The summed E-state index contributed by atoms with van der Waals surface area (Å²) in [4.78, 5) is 10.6. The number of aliphatic hydroxyl groups is 1. The molecule has 0 bridgehead atoms. The third kappa shape index (κ3) is 4.08. The molecule has 0 amide bonds. The number of hydrogen-bond acceptors (Lipinski definition) is 3. The van der Waals surface area contributed by atoms with Crippen LogP contribution in [0.5, 0.6) is 11.5 Å². The van der Waals surface area contributed by atoms with Crippen LogP contribution in [0.25, 0.3) is 6.08 Å². The highest BCUT2D eigenvalue weighted by atomic mass is 35.5. The number of hydrogen-bond donors (Lipinski definition) is 2. The molecule has 0 atom stereocenters. The maximum atomic E-state index is 10.6. The van der Waals surface area contributed by atoms with Crippen molar-refractivity contribution in [1.29, 1.82) is 0 Å². The molecule has 2 rings (SSSR count). The van der Waals surface area contributed by atoms with Gasteiger partial charge >= 0.3 is 5.97 Å². The summed E-state index contributed by atoms with van der Waals surface area (Å²) in [5.74, 6) is -0.172. The number of benzene rings is 2. The third-order valence-corrected chi connectivity index (χ3v) is 3.00. The summed E-state index contributed by atoms with van der Waals surface area (Å²) in [6.07, 6.45) is 2.43. The molecular formula is C16H13ClO4. The summed E-state index contributed by atoms with van der Waals surface area (Å²) in [5, 5.41) is 18.2. The van der Waals surface area contributed by atoms with E-state index in [9.17, 15) is 4.79 Å². The van der Waals surface area contributed by atoms with Crippen LogP contribution in [0.2, 0.25) is 5.02 Å². The van der Waals surface area contributed by atoms with Crippen LogP contribution in [-0.4, -0.2) is 16.2 Å². The number of aliphatic carboxylic acids is 1. The van der Waals surface area contributed by atoms with Crippen LogP contribution >= 0.6 is 11.6 Å². The molecule has 0 aliphatic heterocycles. The van der Waals surface area contributed by atoms with E-state index in [0.717, 1.165) is 6.08 Å². The Labute approximate surface area is 126 Å². The SMILES string of the molecule is O=C(O)/C=C/c1cccc(Cl)c1Oc1cccc(CO)c1. The second kappa shape index (κ2) is 6.92. The van der Waals surface area contributed by atoms with Crippen molar-refractivity contribution >= 4 is 23.6 Å². The number of rotatable bonds is 5. The molecule has 2 aromatic rings. The topological polar surface area (TPSA) is 66.8 Å². The molecule has 0 saturated carbocycles. The first-order valence-corrected chi connectivity index (χ1v) is 6.55. The quantitative estimate of drug-likeness (QED) is 0.826. The Kier molecular flexibility index (Phi) is 4.98. The van der Waals surface area contributed by atoms with Crippen LogP contribution in [0, 0.1) is 0 Å². The van der Waals surface area contributed by atoms with Crippen molar-refractivity contribution in [2.45, 2.75) is 6.61 Å². The lowest BCUT2D eigenvalue weighted by Crippen LogP contribution is -1.92. The summed E-state index contributed by atoms with van der Waals surface area (Å²) in [6.45, 7) is -0.0918. The minimum Gasteiger partial charge on any atom is -0.478 e. The fourth-order valence-electron chi connectivity index (χ4n) is 1.75. The van der Waals surface area contributed by atoms with Crippen LogP contribution < -0.4 is 4.74 Å². The van der Waals surface area contributed by atoms with Gasteiger partial charge in [-0.25, -0.2) is 4.79 Å². The Morgan fingerprint density at radius 3 is 2.71 bits per heavy atom. The lowest BCUT2D eigenvalue weighted by molar-refractivity contribution is -0.131. The molecule has 0 aliphatic carbocycles. The van der Waals surface area contributed by atoms with E-state index in [1.54, 1.807) is 42.5 Å². The lowest BCUT2D eigenvalue weighted by Gasteiger charge is -2.11. The third-order valence-electron chi connectivity index (χ3n) is 2.70. The van der Waals surface area contributed by atoms with Crippen molar-refractivity contribution in [3.8, 4) is 11.5 Å². The Balaban J connectivity index is 2.36. The van der Waals surface area contributed by atoms with Gasteiger partial charge < -0.3 is 14.9 Å². The lowest BCUT2D eigenvalue weighted by atomic mass is 10.1. The first-order chi connectivity index (χ1) is 10.1. The van der Waals surface area contributed by atoms with Crippen molar-refractivity contribution in [3.05, 3.63) is 64.7 Å². The molecule has 108 valence electrons. The second-order valence-corrected chi connectivity index (χ2v) is 4.64. The molecule has 0 spiro atoms. The van der Waals surface area contributed by atoms with Crippen LogP contribution in [0.15, 0.2) is 48.5 Å². The van der Waals surface area contributed by atoms with Crippen molar-refractivity contribution in [3.63, 3.8) is 0 Å². The number of para-hydroxylation sites is 1. The number of aliphatic hydroxyl groups excluding tert-OH is 1. The highest BCUT2D eigenvalue weighted by Gasteiger charge is 2.08. The van der Waals surface area contributed by atoms with Gasteiger partial charge in [0.05, 0.1) is 11.6 Å². The van der Waals surface area contributed by atoms with Gasteiger partial charge in [-0.15, -0.1) is 0 Å². The minimum atomic E-state index is -1.05. The first-order valence-electron chi connectivity index (χ1n) is 6.17. The van der Waals surface area contributed by atoms with Crippen LogP contribution in [0.1, 0.15) is 11.1 Å². The van der Waals surface area contributed by atoms with E-state index in [1.165, 1.54) is 6.08 Å². The summed E-state index contributed by atoms with van der Waals surface area (Å²) in [6, 6.07) is 12.0. The number of ether oxygens (including phenoxy) is 1. The molecule has 4 nitrogen and oxygen atoms in total. The maximum Gasteiger partial charge on any atom is 0.328 e. The Morgan fingerprint density at radius 1 is 1.24 bits per heavy atom. The zero-order chi connectivity index (χ0) is 15.2. The molecule has 0 fully saturated rings. The Morgan fingerprint density at radius 2 is 2.00 bits per heavy atom. The molecule has 0 heterocycles. The monoisotopic (exact) mass is 304 g/mol. The van der Waals surface area contributed by atoms with E-state index in [1.807, 2.05) is 0 Å². The van der Waals surface area contributed by atoms with Gasteiger partial charge in [0.15, 0.2) is 5.75 Å². The predicted molar refractivity (Wildman–Crippen MR) is 80.6 cm³/mol. The highest BCUT2D eigenvalue weighted by Crippen LogP contribution is 2.34. The van der Waals surface area contributed by atoms with Crippen LogP contribution in [0.3, 0.4) is 0 Å². The van der Waals surface area contributed by atoms with Gasteiger partial charge in [-0.1, -0.05) is 35.9 Å². The van der Waals surface area contributed by atoms with E-state index < -0.39 is 5.97 Å². The van der Waals surface area contributed by atoms with Crippen molar-refractivity contribution in [1.82, 2.24) is 0 Å². The molecule has 2 aromatic carbocycles. The van der Waals surface area contributed by atoms with Gasteiger partial charge in [0.1, 0.15) is 5.75 Å². The first kappa shape index (κ1) is 15.1. The Hall–Kier alpha value is -2.30. The van der Waals surface area contributed by atoms with Crippen LogP contribution in [-0.2, 0) is 11.4 Å². The van der Waals surface area contributed by atoms with Crippen LogP contribution in [0.4, 0.5) is 0 Å². The average Bonchev–Trinajstić information content (AvgIpc) is 2.48. The van der Waals surface area contributed by atoms with Gasteiger partial charge in [0.2, 0.25) is 0 Å². The highest BCUT2D eigenvalue weighted by molar-refractivity contribution is 6.32. The van der Waals surface area contributed by atoms with Gasteiger partial charge in [-0.2, -0.15) is 0 Å². The summed E-state index contributed by atoms with van der Waals surface area (Å²) < 4.78 is 5.73. The fourth-order valence-corrected chi connectivity index (χ4v) is 1.97. The Bertz CT molecular complexity index is 680. The van der Waals surface area contributed by atoms with Crippen molar-refractivity contribution < 1.29 is 19.7 Å². The normalized spacial score (nSPS) is 10.8. The number of halogens is 1. The molecule has 0 radical (unpaired) electrons. The average molecular weight is 305 g/mol. The minimum absolute atomic E-state index is 0.0918. The largest absolute Gasteiger partial charge is 0.478 e. The number of carboxylic acids is 1. The van der Waals surface area contributed by atoms with Gasteiger partial charge in [-0.3, -0.25) is 0 Å². The van der Waals surface area contributed by atoms with E-state index in [0.29, 0.717) is 27.6 Å². The van der Waals surface area contributed by atoms with Crippen molar-refractivity contribution in [2.75, 3.05) is 0 Å². The molecular weight excluding hydrogens is 292 g/mol. The molecule has 0 saturated heterocycles. The zero-order valence-electron chi connectivity index (χ0n) is 11.0. The van der Waals surface area contributed by atoms with E-state index in [4.69, 9.17) is 26.6 Å². The van der Waals surface area contributed by atoms with Gasteiger partial charge in [0, 0.05) is 11.6 Å². The van der Waals surface area contributed by atoms with E-state index in [2.05, 4.69) is 0 Å². The molecule has 0 unspecified atom stereocenters. The molecule has 5 heteroatoms. The molecule has 0 aliphatic rings. The smallest absolute Gasteiger partial charge is 0.328 e. The predicted octanol–water partition coefficient (Wildman–Crippen LogP) is 3.72. The summed E-state index contributed by atoms with van der Waals surface area (Å²) in [5.41, 5.74) is 1.27. The van der Waals surface area contributed by atoms with E-state index >= 15 is 0 Å². The number of carboxylic acid groups (broad SMARTS) is 1. The standard InChI is InChI=1S/C16H13ClO4/c17-14-6-2-4-12(7-8-15(19)20)16(14)21-13-5-1-3-11(9-13)10-18/h1-9,18H,10H2,(H,19,20)/b8-7+. The summed E-state index contributed by atoms with van der Waals surface area (Å²) in [7, 11) is 0. The fraction of sp³-hybridized carbons (Fsp3) is 0.0625. The second-order valence-electron chi connectivity index (χ2n) is 4.24. The molecule has 21 heavy (non-hydrogen) atoms. The zero-order valence-corrected chi connectivity index (χ0v) is 11.7. The van der Waals surface area contributed by atoms with Crippen molar-refractivity contribution in [2.24, 2.45) is 0 Å². The molecule has 0 aromatic heterocycles. The summed E-state index contributed by atoms with van der Waals surface area (Å²) >= 11 is 6.11. The van der Waals surface area contributed by atoms with E-state index in [-0.39, 0.29) is 6.61 Å². The van der Waals surface area contributed by atoms with Gasteiger partial charge in [0.25, 0.3) is 0 Å². The van der Waals surface area contributed by atoms with Gasteiger partial charge in [-0.05, 0) is 29.8 Å².